The molecule has 0 saturated heterocycles. The minimum absolute atomic E-state index is 0.0187. The average Bonchev–Trinajstić information content (AvgIpc) is 2.48. The summed E-state index contributed by atoms with van der Waals surface area (Å²) in [5.41, 5.74) is 2.74. The second kappa shape index (κ2) is 6.87. The molecule has 104 valence electrons. The summed E-state index contributed by atoms with van der Waals surface area (Å²) in [7, 11) is 1.64. The lowest BCUT2D eigenvalue weighted by molar-refractivity contribution is 0.0939. The summed E-state index contributed by atoms with van der Waals surface area (Å²) in [6.45, 7) is 2.49. The van der Waals surface area contributed by atoms with E-state index in [9.17, 15) is 4.79 Å². The van der Waals surface area contributed by atoms with Crippen molar-refractivity contribution in [1.82, 2.24) is 5.32 Å². The fourth-order valence-electron chi connectivity index (χ4n) is 2.07. The lowest BCUT2D eigenvalue weighted by Gasteiger charge is -2.14. The van der Waals surface area contributed by atoms with Crippen molar-refractivity contribution in [2.24, 2.45) is 0 Å². The highest BCUT2D eigenvalue weighted by molar-refractivity contribution is 5.94. The van der Waals surface area contributed by atoms with E-state index in [0.717, 1.165) is 11.1 Å². The molecule has 1 atom stereocenters. The van der Waals surface area contributed by atoms with E-state index in [1.54, 1.807) is 7.11 Å². The van der Waals surface area contributed by atoms with Crippen LogP contribution in [0.1, 0.15) is 34.5 Å². The Balaban J connectivity index is 2.06. The molecule has 0 aliphatic carbocycles. The van der Waals surface area contributed by atoms with Gasteiger partial charge in [0.15, 0.2) is 0 Å². The molecule has 0 unspecified atom stereocenters. The molecule has 0 aliphatic rings. The quantitative estimate of drug-likeness (QED) is 0.904. The molecule has 3 heteroatoms. The van der Waals surface area contributed by atoms with E-state index in [2.05, 4.69) is 5.32 Å². The molecule has 0 saturated carbocycles. The molecule has 0 radical (unpaired) electrons. The average molecular weight is 269 g/mol. The Hall–Kier alpha value is -2.13. The summed E-state index contributed by atoms with van der Waals surface area (Å²) < 4.78 is 5.08. The third-order valence-electron chi connectivity index (χ3n) is 3.15. The maximum atomic E-state index is 12.2. The van der Waals surface area contributed by atoms with E-state index in [4.69, 9.17) is 4.74 Å². The van der Waals surface area contributed by atoms with E-state index >= 15 is 0 Å². The first kappa shape index (κ1) is 14.3. The number of rotatable bonds is 5. The number of amides is 1. The van der Waals surface area contributed by atoms with E-state index < -0.39 is 0 Å². The van der Waals surface area contributed by atoms with Crippen LogP contribution in [0, 0.1) is 0 Å². The fourth-order valence-corrected chi connectivity index (χ4v) is 2.07. The lowest BCUT2D eigenvalue weighted by atomic mass is 10.1. The zero-order valence-electron chi connectivity index (χ0n) is 11.8. The summed E-state index contributed by atoms with van der Waals surface area (Å²) in [6.07, 6.45) is 0. The van der Waals surface area contributed by atoms with Gasteiger partial charge in [0.1, 0.15) is 0 Å². The second-order valence-corrected chi connectivity index (χ2v) is 4.74. The molecule has 0 spiro atoms. The molecule has 3 nitrogen and oxygen atoms in total. The minimum Gasteiger partial charge on any atom is -0.380 e. The van der Waals surface area contributed by atoms with E-state index in [-0.39, 0.29) is 11.9 Å². The third kappa shape index (κ3) is 3.68. The van der Waals surface area contributed by atoms with Gasteiger partial charge in [-0.2, -0.15) is 0 Å². The Morgan fingerprint density at radius 3 is 2.60 bits per heavy atom. The third-order valence-corrected chi connectivity index (χ3v) is 3.15. The molecule has 0 aromatic heterocycles. The van der Waals surface area contributed by atoms with Crippen LogP contribution in [0.5, 0.6) is 0 Å². The Bertz CT molecular complexity index is 566. The van der Waals surface area contributed by atoms with Crippen molar-refractivity contribution in [2.45, 2.75) is 19.6 Å². The normalized spacial score (nSPS) is 11.9. The number of hydrogen-bond acceptors (Lipinski definition) is 2. The lowest BCUT2D eigenvalue weighted by Crippen LogP contribution is -2.26. The number of nitrogens with one attached hydrogen (secondary N) is 1. The van der Waals surface area contributed by atoms with Crippen LogP contribution >= 0.6 is 0 Å². The molecule has 2 aromatic carbocycles. The van der Waals surface area contributed by atoms with Crippen molar-refractivity contribution in [2.75, 3.05) is 7.11 Å². The van der Waals surface area contributed by atoms with Crippen LogP contribution in [0.15, 0.2) is 54.6 Å². The first-order valence-electron chi connectivity index (χ1n) is 6.64. The van der Waals surface area contributed by atoms with Gasteiger partial charge in [0.2, 0.25) is 0 Å². The second-order valence-electron chi connectivity index (χ2n) is 4.74. The summed E-state index contributed by atoms with van der Waals surface area (Å²) in [5.74, 6) is -0.0701. The fraction of sp³-hybridized carbons (Fsp3) is 0.235. The molecule has 2 aromatic rings. The standard InChI is InChI=1S/C17H19NO2/c1-13(15-8-4-3-5-9-15)18-17(19)16-10-6-7-14(11-16)12-20-2/h3-11,13H,12H2,1-2H3,(H,18,19)/t13-/m0/s1. The smallest absolute Gasteiger partial charge is 0.251 e. The monoisotopic (exact) mass is 269 g/mol. The van der Waals surface area contributed by atoms with Gasteiger partial charge in [0.05, 0.1) is 12.6 Å². The molecule has 0 aliphatic heterocycles. The van der Waals surface area contributed by atoms with Gasteiger partial charge in [-0.25, -0.2) is 0 Å². The number of methoxy groups -OCH3 is 1. The van der Waals surface area contributed by atoms with E-state index in [0.29, 0.717) is 12.2 Å². The van der Waals surface area contributed by atoms with Gasteiger partial charge in [-0.05, 0) is 30.2 Å². The largest absolute Gasteiger partial charge is 0.380 e. The van der Waals surface area contributed by atoms with Crippen LogP contribution in [-0.2, 0) is 11.3 Å². The summed E-state index contributed by atoms with van der Waals surface area (Å²) in [4.78, 5) is 12.2. The molecule has 2 rings (SSSR count). The van der Waals surface area contributed by atoms with Gasteiger partial charge in [0, 0.05) is 12.7 Å². The number of hydrogen-bond donors (Lipinski definition) is 1. The maximum Gasteiger partial charge on any atom is 0.251 e. The topological polar surface area (TPSA) is 38.3 Å². The first-order chi connectivity index (χ1) is 9.70. The van der Waals surface area contributed by atoms with Gasteiger partial charge >= 0.3 is 0 Å². The van der Waals surface area contributed by atoms with E-state index in [1.165, 1.54) is 0 Å². The Morgan fingerprint density at radius 2 is 1.90 bits per heavy atom. The van der Waals surface area contributed by atoms with Crippen LogP contribution in [0.25, 0.3) is 0 Å². The minimum atomic E-state index is -0.0701. The van der Waals surface area contributed by atoms with Crippen LogP contribution in [0.2, 0.25) is 0 Å². The molecule has 0 fully saturated rings. The highest BCUT2D eigenvalue weighted by Gasteiger charge is 2.11. The summed E-state index contributed by atoms with van der Waals surface area (Å²) >= 11 is 0. The van der Waals surface area contributed by atoms with Crippen molar-refractivity contribution in [3.8, 4) is 0 Å². The Morgan fingerprint density at radius 1 is 1.15 bits per heavy atom. The van der Waals surface area contributed by atoms with Crippen molar-refractivity contribution in [3.63, 3.8) is 0 Å². The number of benzene rings is 2. The van der Waals surface area contributed by atoms with Gasteiger partial charge in [-0.3, -0.25) is 4.79 Å². The predicted octanol–water partition coefficient (Wildman–Crippen LogP) is 3.32. The zero-order chi connectivity index (χ0) is 14.4. The van der Waals surface area contributed by atoms with Crippen LogP contribution < -0.4 is 5.32 Å². The zero-order valence-corrected chi connectivity index (χ0v) is 11.8. The molecule has 0 bridgehead atoms. The van der Waals surface area contributed by atoms with E-state index in [1.807, 2.05) is 61.5 Å². The van der Waals surface area contributed by atoms with Crippen molar-refractivity contribution in [3.05, 3.63) is 71.3 Å². The van der Waals surface area contributed by atoms with Gasteiger partial charge in [-0.15, -0.1) is 0 Å². The van der Waals surface area contributed by atoms with Gasteiger partial charge < -0.3 is 10.1 Å². The predicted molar refractivity (Wildman–Crippen MR) is 79.5 cm³/mol. The molecule has 0 heterocycles. The molecule has 1 N–H and O–H groups in total. The number of carbonyl (C=O) groups is 1. The molecule has 1 amide bonds. The number of ether oxygens (including phenoxy) is 1. The summed E-state index contributed by atoms with van der Waals surface area (Å²) in [5, 5.41) is 3.00. The number of carbonyl (C=O) groups excluding carboxylic acids is 1. The molecular formula is C17H19NO2. The molecule has 20 heavy (non-hydrogen) atoms. The van der Waals surface area contributed by atoms with Crippen LogP contribution in [0.3, 0.4) is 0 Å². The molecular weight excluding hydrogens is 250 g/mol. The van der Waals surface area contributed by atoms with Gasteiger partial charge in [-0.1, -0.05) is 42.5 Å². The first-order valence-corrected chi connectivity index (χ1v) is 6.64. The maximum absolute atomic E-state index is 12.2. The highest BCUT2D eigenvalue weighted by atomic mass is 16.5. The Labute approximate surface area is 119 Å². The van der Waals surface area contributed by atoms with Crippen molar-refractivity contribution < 1.29 is 9.53 Å². The summed E-state index contributed by atoms with van der Waals surface area (Å²) in [6, 6.07) is 17.4. The van der Waals surface area contributed by atoms with Crippen LogP contribution in [0.4, 0.5) is 0 Å². The van der Waals surface area contributed by atoms with Crippen molar-refractivity contribution >= 4 is 5.91 Å². The highest BCUT2D eigenvalue weighted by Crippen LogP contribution is 2.13. The van der Waals surface area contributed by atoms with Crippen molar-refractivity contribution in [1.29, 1.82) is 0 Å². The Kier molecular flexibility index (Phi) is 4.91. The SMILES string of the molecule is COCc1cccc(C(=O)N[C@@H](C)c2ccccc2)c1. The van der Waals surface area contributed by atoms with Crippen LogP contribution in [-0.4, -0.2) is 13.0 Å². The van der Waals surface area contributed by atoms with Gasteiger partial charge in [0.25, 0.3) is 5.91 Å².